The van der Waals surface area contributed by atoms with E-state index in [0.29, 0.717) is 5.13 Å². The third kappa shape index (κ3) is 3.00. The van der Waals surface area contributed by atoms with Gasteiger partial charge in [0.15, 0.2) is 5.13 Å². The SMILES string of the molecule is CNc1c(C(=O)Nc2nc(C)c(C)s2)cccc1[N+](=O)[O-]. The topological polar surface area (TPSA) is 97.2 Å². The molecule has 2 rings (SSSR count). The summed E-state index contributed by atoms with van der Waals surface area (Å²) in [5.41, 5.74) is 1.10. The lowest BCUT2D eigenvalue weighted by Crippen LogP contribution is -2.14. The van der Waals surface area contributed by atoms with Crippen LogP contribution in [-0.2, 0) is 0 Å². The zero-order valence-electron chi connectivity index (χ0n) is 11.8. The van der Waals surface area contributed by atoms with Crippen molar-refractivity contribution in [2.75, 3.05) is 17.7 Å². The molecule has 0 bridgehead atoms. The van der Waals surface area contributed by atoms with Crippen LogP contribution in [0, 0.1) is 24.0 Å². The van der Waals surface area contributed by atoms with Crippen LogP contribution in [0.3, 0.4) is 0 Å². The fraction of sp³-hybridized carbons (Fsp3) is 0.231. The molecule has 1 aromatic carbocycles. The van der Waals surface area contributed by atoms with Gasteiger partial charge in [0.2, 0.25) is 0 Å². The molecule has 0 unspecified atom stereocenters. The van der Waals surface area contributed by atoms with Crippen molar-refractivity contribution in [3.63, 3.8) is 0 Å². The average Bonchev–Trinajstić information content (AvgIpc) is 2.76. The summed E-state index contributed by atoms with van der Waals surface area (Å²) in [5, 5.41) is 16.8. The van der Waals surface area contributed by atoms with Crippen molar-refractivity contribution in [2.24, 2.45) is 0 Å². The molecule has 2 aromatic rings. The van der Waals surface area contributed by atoms with E-state index in [2.05, 4.69) is 15.6 Å². The second-order valence-corrected chi connectivity index (χ2v) is 5.52. The first-order valence-corrected chi connectivity index (χ1v) is 6.96. The van der Waals surface area contributed by atoms with Crippen molar-refractivity contribution < 1.29 is 9.72 Å². The number of nitrogens with zero attached hydrogens (tertiary/aromatic N) is 2. The van der Waals surface area contributed by atoms with Gasteiger partial charge in [-0.1, -0.05) is 6.07 Å². The number of nitro benzene ring substituents is 1. The molecule has 0 saturated heterocycles. The highest BCUT2D eigenvalue weighted by molar-refractivity contribution is 7.15. The van der Waals surface area contributed by atoms with E-state index in [0.717, 1.165) is 10.6 Å². The van der Waals surface area contributed by atoms with Gasteiger partial charge in [0, 0.05) is 18.0 Å². The van der Waals surface area contributed by atoms with Gasteiger partial charge in [-0.2, -0.15) is 0 Å². The fourth-order valence-corrected chi connectivity index (χ4v) is 2.64. The molecule has 8 heteroatoms. The second-order valence-electron chi connectivity index (χ2n) is 4.32. The van der Waals surface area contributed by atoms with Crippen LogP contribution in [0.4, 0.5) is 16.5 Å². The zero-order chi connectivity index (χ0) is 15.6. The number of aryl methyl sites for hydroxylation is 2. The summed E-state index contributed by atoms with van der Waals surface area (Å²) in [4.78, 5) is 28.0. The van der Waals surface area contributed by atoms with Gasteiger partial charge < -0.3 is 5.32 Å². The van der Waals surface area contributed by atoms with E-state index in [9.17, 15) is 14.9 Å². The monoisotopic (exact) mass is 306 g/mol. The van der Waals surface area contributed by atoms with Gasteiger partial charge in [-0.15, -0.1) is 11.3 Å². The number of para-hydroxylation sites is 1. The van der Waals surface area contributed by atoms with Gasteiger partial charge in [-0.25, -0.2) is 4.98 Å². The third-order valence-electron chi connectivity index (χ3n) is 2.98. The Morgan fingerprint density at radius 1 is 1.38 bits per heavy atom. The molecular formula is C13H14N4O3S. The van der Waals surface area contributed by atoms with Gasteiger partial charge in [0.1, 0.15) is 5.69 Å². The highest BCUT2D eigenvalue weighted by Crippen LogP contribution is 2.29. The summed E-state index contributed by atoms with van der Waals surface area (Å²) in [6.07, 6.45) is 0. The van der Waals surface area contributed by atoms with E-state index in [1.54, 1.807) is 0 Å². The number of rotatable bonds is 4. The Kier molecular flexibility index (Phi) is 4.18. The maximum atomic E-state index is 12.3. The van der Waals surface area contributed by atoms with Crippen LogP contribution < -0.4 is 10.6 Å². The Labute approximate surface area is 125 Å². The van der Waals surface area contributed by atoms with Crippen LogP contribution in [0.25, 0.3) is 0 Å². The van der Waals surface area contributed by atoms with Gasteiger partial charge in [0.05, 0.1) is 16.2 Å². The largest absolute Gasteiger partial charge is 0.382 e. The van der Waals surface area contributed by atoms with Gasteiger partial charge in [-0.3, -0.25) is 20.2 Å². The van der Waals surface area contributed by atoms with Gasteiger partial charge in [-0.05, 0) is 19.9 Å². The normalized spacial score (nSPS) is 10.2. The van der Waals surface area contributed by atoms with Crippen molar-refractivity contribution in [1.82, 2.24) is 4.98 Å². The summed E-state index contributed by atoms with van der Waals surface area (Å²) in [6, 6.07) is 4.36. The van der Waals surface area contributed by atoms with Crippen LogP contribution in [0.5, 0.6) is 0 Å². The number of amides is 1. The standard InChI is InChI=1S/C13H14N4O3S/c1-7-8(2)21-13(15-7)16-12(18)9-5-4-6-10(17(19)20)11(9)14-3/h4-6,14H,1-3H3,(H,15,16,18). The highest BCUT2D eigenvalue weighted by atomic mass is 32.1. The van der Waals surface area contributed by atoms with Crippen molar-refractivity contribution in [1.29, 1.82) is 0 Å². The number of thiazole rings is 1. The maximum absolute atomic E-state index is 12.3. The Bertz CT molecular complexity index is 692. The molecule has 2 N–H and O–H groups in total. The fourth-order valence-electron chi connectivity index (χ4n) is 1.83. The molecular weight excluding hydrogens is 292 g/mol. The summed E-state index contributed by atoms with van der Waals surface area (Å²) >= 11 is 1.36. The molecule has 1 heterocycles. The summed E-state index contributed by atoms with van der Waals surface area (Å²) in [5.74, 6) is -0.434. The highest BCUT2D eigenvalue weighted by Gasteiger charge is 2.21. The van der Waals surface area contributed by atoms with Crippen molar-refractivity contribution in [3.8, 4) is 0 Å². The Hall–Kier alpha value is -2.48. The van der Waals surface area contributed by atoms with E-state index in [1.807, 2.05) is 13.8 Å². The van der Waals surface area contributed by atoms with Crippen molar-refractivity contribution >= 4 is 33.8 Å². The number of carbonyl (C=O) groups excluding carboxylic acids is 1. The molecule has 0 aliphatic heterocycles. The summed E-state index contributed by atoms with van der Waals surface area (Å²) in [7, 11) is 1.54. The molecule has 0 spiro atoms. The molecule has 1 aromatic heterocycles. The summed E-state index contributed by atoms with van der Waals surface area (Å²) < 4.78 is 0. The molecule has 110 valence electrons. The first-order valence-electron chi connectivity index (χ1n) is 6.14. The zero-order valence-corrected chi connectivity index (χ0v) is 12.6. The lowest BCUT2D eigenvalue weighted by molar-refractivity contribution is -0.384. The number of hydrogen-bond donors (Lipinski definition) is 2. The Morgan fingerprint density at radius 2 is 2.10 bits per heavy atom. The second kappa shape index (κ2) is 5.88. The van der Waals surface area contributed by atoms with Crippen LogP contribution in [0.2, 0.25) is 0 Å². The number of nitrogens with one attached hydrogen (secondary N) is 2. The van der Waals surface area contributed by atoms with Gasteiger partial charge >= 0.3 is 0 Å². The smallest absolute Gasteiger partial charge is 0.293 e. The molecule has 0 radical (unpaired) electrons. The van der Waals surface area contributed by atoms with Crippen molar-refractivity contribution in [2.45, 2.75) is 13.8 Å². The average molecular weight is 306 g/mol. The lowest BCUT2D eigenvalue weighted by Gasteiger charge is -2.08. The van der Waals surface area contributed by atoms with Gasteiger partial charge in [0.25, 0.3) is 11.6 Å². The number of aromatic nitrogens is 1. The van der Waals surface area contributed by atoms with Crippen molar-refractivity contribution in [3.05, 3.63) is 44.4 Å². The van der Waals surface area contributed by atoms with E-state index in [1.165, 1.54) is 36.6 Å². The van der Waals surface area contributed by atoms with E-state index < -0.39 is 10.8 Å². The van der Waals surface area contributed by atoms with Crippen LogP contribution in [0.1, 0.15) is 20.9 Å². The minimum Gasteiger partial charge on any atom is -0.382 e. The predicted octanol–water partition coefficient (Wildman–Crippen LogP) is 2.96. The third-order valence-corrected chi connectivity index (χ3v) is 3.97. The molecule has 0 aliphatic carbocycles. The van der Waals surface area contributed by atoms with E-state index in [4.69, 9.17) is 0 Å². The number of anilines is 2. The van der Waals surface area contributed by atoms with E-state index in [-0.39, 0.29) is 16.9 Å². The molecule has 0 atom stereocenters. The minimum atomic E-state index is -0.527. The number of carbonyl (C=O) groups is 1. The van der Waals surface area contributed by atoms with E-state index >= 15 is 0 Å². The first-order chi connectivity index (χ1) is 9.93. The first kappa shape index (κ1) is 14.9. The van der Waals surface area contributed by atoms with Crippen LogP contribution in [-0.4, -0.2) is 22.9 Å². The number of hydrogen-bond acceptors (Lipinski definition) is 6. The molecule has 1 amide bonds. The molecule has 0 fully saturated rings. The molecule has 21 heavy (non-hydrogen) atoms. The number of benzene rings is 1. The quantitative estimate of drug-likeness (QED) is 0.668. The molecule has 0 aliphatic rings. The minimum absolute atomic E-state index is 0.142. The Balaban J connectivity index is 2.35. The predicted molar refractivity (Wildman–Crippen MR) is 82.2 cm³/mol. The molecule has 7 nitrogen and oxygen atoms in total. The molecule has 0 saturated carbocycles. The van der Waals surface area contributed by atoms with Crippen LogP contribution >= 0.6 is 11.3 Å². The lowest BCUT2D eigenvalue weighted by atomic mass is 10.1. The number of nitro groups is 1. The Morgan fingerprint density at radius 3 is 2.62 bits per heavy atom. The van der Waals surface area contributed by atoms with Crippen LogP contribution in [0.15, 0.2) is 18.2 Å². The maximum Gasteiger partial charge on any atom is 0.293 e. The summed E-state index contributed by atoms with van der Waals surface area (Å²) in [6.45, 7) is 3.77.